The van der Waals surface area contributed by atoms with Crippen LogP contribution in [0.1, 0.15) is 17.9 Å². The zero-order valence-electron chi connectivity index (χ0n) is 13.2. The van der Waals surface area contributed by atoms with Gasteiger partial charge in [-0.05, 0) is 48.7 Å². The standard InChI is InChI=1S/C18H14F3N3O/c19-13-5-3-11(4-6-13)18-22-16(25-23-18)10-24-7-1-2-12-8-14(20)9-15(21)17(12)24/h3-6,8-9H,1-2,7,10H2. The van der Waals surface area contributed by atoms with Gasteiger partial charge in [0.2, 0.25) is 11.7 Å². The molecule has 128 valence electrons. The second-order valence-electron chi connectivity index (χ2n) is 5.94. The van der Waals surface area contributed by atoms with Crippen LogP contribution in [0.2, 0.25) is 0 Å². The van der Waals surface area contributed by atoms with Crippen molar-refractivity contribution in [3.63, 3.8) is 0 Å². The van der Waals surface area contributed by atoms with E-state index in [1.54, 1.807) is 17.0 Å². The number of fused-ring (bicyclic) bond motifs is 1. The van der Waals surface area contributed by atoms with Crippen LogP contribution in [0, 0.1) is 17.5 Å². The number of nitrogens with zero attached hydrogens (tertiary/aromatic N) is 3. The Hall–Kier alpha value is -2.83. The molecule has 0 amide bonds. The fraction of sp³-hybridized carbons (Fsp3) is 0.222. The van der Waals surface area contributed by atoms with E-state index in [1.807, 2.05) is 0 Å². The van der Waals surface area contributed by atoms with E-state index in [2.05, 4.69) is 10.1 Å². The van der Waals surface area contributed by atoms with Crippen molar-refractivity contribution in [2.24, 2.45) is 0 Å². The van der Waals surface area contributed by atoms with Crippen molar-refractivity contribution in [2.45, 2.75) is 19.4 Å². The van der Waals surface area contributed by atoms with Crippen LogP contribution in [-0.4, -0.2) is 16.7 Å². The molecule has 4 nitrogen and oxygen atoms in total. The van der Waals surface area contributed by atoms with E-state index in [4.69, 9.17) is 4.52 Å². The molecule has 0 atom stereocenters. The smallest absolute Gasteiger partial charge is 0.246 e. The average molecular weight is 345 g/mol. The van der Waals surface area contributed by atoms with Crippen molar-refractivity contribution in [3.05, 3.63) is 65.3 Å². The van der Waals surface area contributed by atoms with Crippen molar-refractivity contribution in [2.75, 3.05) is 11.4 Å². The summed E-state index contributed by atoms with van der Waals surface area (Å²) in [7, 11) is 0. The summed E-state index contributed by atoms with van der Waals surface area (Å²) in [6, 6.07) is 7.99. The van der Waals surface area contributed by atoms with Gasteiger partial charge in [-0.1, -0.05) is 5.16 Å². The molecule has 0 N–H and O–H groups in total. The monoisotopic (exact) mass is 345 g/mol. The van der Waals surface area contributed by atoms with Crippen LogP contribution >= 0.6 is 0 Å². The number of hydrogen-bond acceptors (Lipinski definition) is 4. The maximum Gasteiger partial charge on any atom is 0.246 e. The Labute approximate surface area is 141 Å². The summed E-state index contributed by atoms with van der Waals surface area (Å²) in [4.78, 5) is 6.06. The molecule has 0 unspecified atom stereocenters. The van der Waals surface area contributed by atoms with Crippen LogP contribution in [0.4, 0.5) is 18.9 Å². The Morgan fingerprint density at radius 3 is 2.64 bits per heavy atom. The van der Waals surface area contributed by atoms with E-state index in [-0.39, 0.29) is 12.4 Å². The fourth-order valence-corrected chi connectivity index (χ4v) is 3.09. The van der Waals surface area contributed by atoms with Crippen LogP contribution in [0.25, 0.3) is 11.4 Å². The number of anilines is 1. The summed E-state index contributed by atoms with van der Waals surface area (Å²) in [6.45, 7) is 0.841. The minimum absolute atomic E-state index is 0.226. The lowest BCUT2D eigenvalue weighted by molar-refractivity contribution is 0.374. The highest BCUT2D eigenvalue weighted by Gasteiger charge is 2.24. The highest BCUT2D eigenvalue weighted by molar-refractivity contribution is 5.57. The topological polar surface area (TPSA) is 42.2 Å². The van der Waals surface area contributed by atoms with E-state index >= 15 is 0 Å². The summed E-state index contributed by atoms with van der Waals surface area (Å²) < 4.78 is 45.8. The van der Waals surface area contributed by atoms with Crippen molar-refractivity contribution >= 4 is 5.69 Å². The summed E-state index contributed by atoms with van der Waals surface area (Å²) in [5.41, 5.74) is 1.65. The highest BCUT2D eigenvalue weighted by atomic mass is 19.1. The predicted molar refractivity (Wildman–Crippen MR) is 85.4 cm³/mol. The van der Waals surface area contributed by atoms with E-state index in [0.29, 0.717) is 41.5 Å². The molecule has 1 aromatic heterocycles. The zero-order chi connectivity index (χ0) is 17.4. The Morgan fingerprint density at radius 1 is 1.04 bits per heavy atom. The summed E-state index contributed by atoms with van der Waals surface area (Å²) in [5.74, 6) is -0.856. The van der Waals surface area contributed by atoms with E-state index in [1.165, 1.54) is 18.2 Å². The minimum atomic E-state index is -0.590. The fourth-order valence-electron chi connectivity index (χ4n) is 3.09. The second-order valence-corrected chi connectivity index (χ2v) is 5.94. The SMILES string of the molecule is Fc1ccc(-c2noc(CN3CCCc4cc(F)cc(F)c43)n2)cc1. The summed E-state index contributed by atoms with van der Waals surface area (Å²) in [6.07, 6.45) is 1.42. The van der Waals surface area contributed by atoms with E-state index in [9.17, 15) is 13.2 Å². The Balaban J connectivity index is 1.59. The number of rotatable bonds is 3. The average Bonchev–Trinajstić information content (AvgIpc) is 3.03. The van der Waals surface area contributed by atoms with Gasteiger partial charge in [0.15, 0.2) is 0 Å². The first kappa shape index (κ1) is 15.7. The molecule has 0 aliphatic carbocycles. The Morgan fingerprint density at radius 2 is 1.84 bits per heavy atom. The van der Waals surface area contributed by atoms with Crippen molar-refractivity contribution < 1.29 is 17.7 Å². The lowest BCUT2D eigenvalue weighted by Crippen LogP contribution is -2.30. The van der Waals surface area contributed by atoms with Crippen LogP contribution in [0.3, 0.4) is 0 Å². The van der Waals surface area contributed by atoms with E-state index in [0.717, 1.165) is 12.5 Å². The minimum Gasteiger partial charge on any atom is -0.360 e. The van der Waals surface area contributed by atoms with Crippen molar-refractivity contribution in [3.8, 4) is 11.4 Å². The number of aromatic nitrogens is 2. The molecular weight excluding hydrogens is 331 g/mol. The van der Waals surface area contributed by atoms with Gasteiger partial charge in [-0.2, -0.15) is 4.98 Å². The molecule has 1 aliphatic heterocycles. The Kier molecular flexibility index (Phi) is 3.91. The molecule has 7 heteroatoms. The quantitative estimate of drug-likeness (QED) is 0.716. The predicted octanol–water partition coefficient (Wildman–Crippen LogP) is 4.11. The lowest BCUT2D eigenvalue weighted by atomic mass is 10.0. The molecule has 3 aromatic rings. The third-order valence-electron chi connectivity index (χ3n) is 4.19. The third-order valence-corrected chi connectivity index (χ3v) is 4.19. The van der Waals surface area contributed by atoms with Gasteiger partial charge in [-0.25, -0.2) is 13.2 Å². The van der Waals surface area contributed by atoms with Crippen LogP contribution in [0.5, 0.6) is 0 Å². The Bertz CT molecular complexity index is 908. The first-order valence-corrected chi connectivity index (χ1v) is 7.91. The van der Waals surface area contributed by atoms with Gasteiger partial charge in [0.25, 0.3) is 0 Å². The normalized spacial score (nSPS) is 13.8. The van der Waals surface area contributed by atoms with Gasteiger partial charge < -0.3 is 9.42 Å². The molecule has 0 bridgehead atoms. The molecule has 0 saturated carbocycles. The number of aryl methyl sites for hydroxylation is 1. The first-order valence-electron chi connectivity index (χ1n) is 7.91. The lowest BCUT2D eigenvalue weighted by Gasteiger charge is -2.30. The third kappa shape index (κ3) is 3.09. The molecule has 4 rings (SSSR count). The molecule has 2 aromatic carbocycles. The molecule has 1 aliphatic rings. The first-order chi connectivity index (χ1) is 12.1. The van der Waals surface area contributed by atoms with Gasteiger partial charge in [0, 0.05) is 18.2 Å². The summed E-state index contributed by atoms with van der Waals surface area (Å²) in [5, 5.41) is 3.89. The molecule has 0 saturated heterocycles. The molecule has 0 fully saturated rings. The van der Waals surface area contributed by atoms with E-state index < -0.39 is 11.6 Å². The molecule has 0 spiro atoms. The van der Waals surface area contributed by atoms with Gasteiger partial charge in [-0.15, -0.1) is 0 Å². The van der Waals surface area contributed by atoms with Crippen LogP contribution in [0.15, 0.2) is 40.9 Å². The number of benzene rings is 2. The largest absolute Gasteiger partial charge is 0.360 e. The van der Waals surface area contributed by atoms with Crippen molar-refractivity contribution in [1.82, 2.24) is 10.1 Å². The molecule has 2 heterocycles. The highest BCUT2D eigenvalue weighted by Crippen LogP contribution is 2.32. The summed E-state index contributed by atoms with van der Waals surface area (Å²) >= 11 is 0. The second kappa shape index (κ2) is 6.23. The van der Waals surface area contributed by atoms with Crippen LogP contribution in [-0.2, 0) is 13.0 Å². The van der Waals surface area contributed by atoms with Gasteiger partial charge in [0.1, 0.15) is 17.5 Å². The number of halogens is 3. The molecular formula is C18H14F3N3O. The molecule has 0 radical (unpaired) electrons. The van der Waals surface area contributed by atoms with Crippen LogP contribution < -0.4 is 4.90 Å². The molecule has 25 heavy (non-hydrogen) atoms. The van der Waals surface area contributed by atoms with Gasteiger partial charge in [-0.3, -0.25) is 0 Å². The zero-order valence-corrected chi connectivity index (χ0v) is 13.2. The maximum absolute atomic E-state index is 14.2. The van der Waals surface area contributed by atoms with Gasteiger partial charge in [0.05, 0.1) is 12.2 Å². The van der Waals surface area contributed by atoms with Crippen molar-refractivity contribution in [1.29, 1.82) is 0 Å². The number of hydrogen-bond donors (Lipinski definition) is 0. The van der Waals surface area contributed by atoms with Gasteiger partial charge >= 0.3 is 0 Å². The maximum atomic E-state index is 14.2.